The standard InChI is InChI=1S/C25H23ClN4O/c1-25(2)16-30(24(31)19-7-4-8-21(26)12-19)10-9-20(25)13-22-14-23(29-28-22)18-6-3-5-17(11-18)15-27/h3-8,11-14H,9-10,16H2,1-2H3,(H,28,29)/b20-13+. The summed E-state index contributed by atoms with van der Waals surface area (Å²) in [5.41, 5.74) is 4.94. The van der Waals surface area contributed by atoms with Crippen LogP contribution in [0.5, 0.6) is 0 Å². The molecule has 0 aliphatic carbocycles. The van der Waals surface area contributed by atoms with Crippen molar-refractivity contribution < 1.29 is 4.79 Å². The minimum atomic E-state index is -0.168. The minimum Gasteiger partial charge on any atom is -0.337 e. The summed E-state index contributed by atoms with van der Waals surface area (Å²) in [6.45, 7) is 5.61. The molecule has 1 amide bonds. The second-order valence-electron chi connectivity index (χ2n) is 8.44. The molecule has 2 heterocycles. The van der Waals surface area contributed by atoms with E-state index in [1.807, 2.05) is 29.2 Å². The molecule has 31 heavy (non-hydrogen) atoms. The van der Waals surface area contributed by atoms with Gasteiger partial charge in [-0.2, -0.15) is 10.4 Å². The van der Waals surface area contributed by atoms with Gasteiger partial charge in [-0.1, -0.05) is 49.2 Å². The van der Waals surface area contributed by atoms with Gasteiger partial charge in [-0.05, 0) is 48.9 Å². The van der Waals surface area contributed by atoms with Crippen molar-refractivity contribution in [2.24, 2.45) is 5.41 Å². The SMILES string of the molecule is CC1(C)CN(C(=O)c2cccc(Cl)c2)CC/C1=C\c1cc(-c2cccc(C#N)c2)n[nH]1. The van der Waals surface area contributed by atoms with Crippen LogP contribution in [0.15, 0.2) is 60.2 Å². The Labute approximate surface area is 187 Å². The van der Waals surface area contributed by atoms with Crippen molar-refractivity contribution >= 4 is 23.6 Å². The van der Waals surface area contributed by atoms with E-state index in [9.17, 15) is 4.79 Å². The number of carbonyl (C=O) groups is 1. The number of likely N-dealkylation sites (tertiary alicyclic amines) is 1. The summed E-state index contributed by atoms with van der Waals surface area (Å²) in [6.07, 6.45) is 2.92. The van der Waals surface area contributed by atoms with Gasteiger partial charge in [0.2, 0.25) is 0 Å². The fraction of sp³-hybridized carbons (Fsp3) is 0.240. The predicted molar refractivity (Wildman–Crippen MR) is 122 cm³/mol. The van der Waals surface area contributed by atoms with Crippen LogP contribution in [0.2, 0.25) is 5.02 Å². The summed E-state index contributed by atoms with van der Waals surface area (Å²) >= 11 is 6.06. The zero-order valence-corrected chi connectivity index (χ0v) is 18.3. The molecule has 0 spiro atoms. The molecule has 6 heteroatoms. The van der Waals surface area contributed by atoms with Gasteiger partial charge in [-0.25, -0.2) is 0 Å². The third kappa shape index (κ3) is 4.55. The number of aromatic amines is 1. The van der Waals surface area contributed by atoms with Crippen LogP contribution in [-0.2, 0) is 0 Å². The monoisotopic (exact) mass is 430 g/mol. The molecule has 0 saturated carbocycles. The molecule has 0 radical (unpaired) electrons. The molecule has 1 aliphatic heterocycles. The maximum atomic E-state index is 12.9. The van der Waals surface area contributed by atoms with Gasteiger partial charge in [0.1, 0.15) is 0 Å². The first kappa shape index (κ1) is 20.9. The fourth-order valence-electron chi connectivity index (χ4n) is 3.99. The van der Waals surface area contributed by atoms with Crippen molar-refractivity contribution in [1.82, 2.24) is 15.1 Å². The average Bonchev–Trinajstić information content (AvgIpc) is 3.23. The Balaban J connectivity index is 1.52. The number of hydrogen-bond donors (Lipinski definition) is 1. The molecule has 2 aromatic carbocycles. The van der Waals surface area contributed by atoms with Gasteiger partial charge in [0.25, 0.3) is 5.91 Å². The second-order valence-corrected chi connectivity index (χ2v) is 8.88. The minimum absolute atomic E-state index is 0.0100. The molecule has 0 atom stereocenters. The number of benzene rings is 2. The van der Waals surface area contributed by atoms with E-state index in [0.717, 1.165) is 23.4 Å². The van der Waals surface area contributed by atoms with E-state index < -0.39 is 0 Å². The summed E-state index contributed by atoms with van der Waals surface area (Å²) in [7, 11) is 0. The van der Waals surface area contributed by atoms with Crippen LogP contribution < -0.4 is 0 Å². The lowest BCUT2D eigenvalue weighted by Gasteiger charge is -2.40. The highest BCUT2D eigenvalue weighted by atomic mass is 35.5. The molecule has 1 aliphatic rings. The number of amides is 1. The first-order valence-corrected chi connectivity index (χ1v) is 10.6. The number of nitrogens with zero attached hydrogens (tertiary/aromatic N) is 3. The molecule has 0 unspecified atom stereocenters. The molecule has 0 bridgehead atoms. The molecular weight excluding hydrogens is 408 g/mol. The van der Waals surface area contributed by atoms with Crippen molar-refractivity contribution in [1.29, 1.82) is 5.26 Å². The van der Waals surface area contributed by atoms with E-state index in [-0.39, 0.29) is 11.3 Å². The van der Waals surface area contributed by atoms with Gasteiger partial charge in [0.05, 0.1) is 23.0 Å². The molecular formula is C25H23ClN4O. The van der Waals surface area contributed by atoms with Gasteiger partial charge >= 0.3 is 0 Å². The molecule has 1 aromatic heterocycles. The van der Waals surface area contributed by atoms with Crippen LogP contribution in [0.1, 0.15) is 41.9 Å². The highest BCUT2D eigenvalue weighted by Gasteiger charge is 2.33. The van der Waals surface area contributed by atoms with Gasteiger partial charge in [-0.3, -0.25) is 9.89 Å². The van der Waals surface area contributed by atoms with Crippen LogP contribution in [0.3, 0.4) is 0 Å². The van der Waals surface area contributed by atoms with Crippen molar-refractivity contribution in [3.63, 3.8) is 0 Å². The van der Waals surface area contributed by atoms with Crippen LogP contribution in [0.4, 0.5) is 0 Å². The number of rotatable bonds is 3. The van der Waals surface area contributed by atoms with Crippen molar-refractivity contribution in [3.05, 3.63) is 82.0 Å². The molecule has 1 saturated heterocycles. The number of aromatic nitrogens is 2. The number of halogens is 1. The quantitative estimate of drug-likeness (QED) is 0.591. The lowest BCUT2D eigenvalue weighted by Crippen LogP contribution is -2.44. The molecule has 156 valence electrons. The summed E-state index contributed by atoms with van der Waals surface area (Å²) in [5, 5.41) is 17.2. The summed E-state index contributed by atoms with van der Waals surface area (Å²) in [5.74, 6) is 0.0100. The Kier molecular flexibility index (Phi) is 5.67. The van der Waals surface area contributed by atoms with Gasteiger partial charge in [0, 0.05) is 34.7 Å². The molecule has 1 N–H and O–H groups in total. The highest BCUT2D eigenvalue weighted by Crippen LogP contribution is 2.36. The van der Waals surface area contributed by atoms with E-state index in [1.54, 1.807) is 30.3 Å². The normalized spacial score (nSPS) is 16.8. The summed E-state index contributed by atoms with van der Waals surface area (Å²) in [6, 6.07) is 18.7. The van der Waals surface area contributed by atoms with E-state index in [1.165, 1.54) is 5.57 Å². The van der Waals surface area contributed by atoms with E-state index in [0.29, 0.717) is 29.2 Å². The smallest absolute Gasteiger partial charge is 0.253 e. The molecule has 1 fully saturated rings. The van der Waals surface area contributed by atoms with Crippen LogP contribution in [0.25, 0.3) is 17.3 Å². The molecule has 3 aromatic rings. The number of carbonyl (C=O) groups excluding carboxylic acids is 1. The lowest BCUT2D eigenvalue weighted by atomic mass is 9.78. The van der Waals surface area contributed by atoms with Crippen LogP contribution in [-0.4, -0.2) is 34.1 Å². The first-order chi connectivity index (χ1) is 14.9. The van der Waals surface area contributed by atoms with Crippen molar-refractivity contribution in [3.8, 4) is 17.3 Å². The number of nitrogens with one attached hydrogen (secondary N) is 1. The van der Waals surface area contributed by atoms with Crippen LogP contribution in [0, 0.1) is 16.7 Å². The Morgan fingerprint density at radius 3 is 2.77 bits per heavy atom. The number of hydrogen-bond acceptors (Lipinski definition) is 3. The number of nitriles is 1. The van der Waals surface area contributed by atoms with Crippen molar-refractivity contribution in [2.45, 2.75) is 20.3 Å². The Bertz CT molecular complexity index is 1200. The fourth-order valence-corrected chi connectivity index (χ4v) is 4.18. The predicted octanol–water partition coefficient (Wildman–Crippen LogP) is 5.56. The zero-order chi connectivity index (χ0) is 22.0. The average molecular weight is 431 g/mol. The largest absolute Gasteiger partial charge is 0.337 e. The lowest BCUT2D eigenvalue weighted by molar-refractivity contribution is 0.0664. The summed E-state index contributed by atoms with van der Waals surface area (Å²) < 4.78 is 0. The Morgan fingerprint density at radius 2 is 2.03 bits per heavy atom. The Morgan fingerprint density at radius 1 is 1.23 bits per heavy atom. The van der Waals surface area contributed by atoms with Crippen molar-refractivity contribution in [2.75, 3.05) is 13.1 Å². The second kappa shape index (κ2) is 8.41. The number of piperidine rings is 1. The summed E-state index contributed by atoms with van der Waals surface area (Å²) in [4.78, 5) is 14.8. The van der Waals surface area contributed by atoms with Gasteiger partial charge < -0.3 is 4.90 Å². The Hall–Kier alpha value is -3.36. The van der Waals surface area contributed by atoms with E-state index in [4.69, 9.17) is 16.9 Å². The molecule has 4 rings (SSSR count). The van der Waals surface area contributed by atoms with E-state index in [2.05, 4.69) is 36.2 Å². The maximum absolute atomic E-state index is 12.9. The first-order valence-electron chi connectivity index (χ1n) is 10.2. The molecule has 5 nitrogen and oxygen atoms in total. The van der Waals surface area contributed by atoms with Gasteiger partial charge in [0.15, 0.2) is 0 Å². The van der Waals surface area contributed by atoms with E-state index >= 15 is 0 Å². The number of H-pyrrole nitrogens is 1. The van der Waals surface area contributed by atoms with Crippen LogP contribution >= 0.6 is 11.6 Å². The third-order valence-corrected chi connectivity index (χ3v) is 5.92. The third-order valence-electron chi connectivity index (χ3n) is 5.68. The maximum Gasteiger partial charge on any atom is 0.253 e. The topological polar surface area (TPSA) is 72.8 Å². The highest BCUT2D eigenvalue weighted by molar-refractivity contribution is 6.30. The van der Waals surface area contributed by atoms with Gasteiger partial charge in [-0.15, -0.1) is 0 Å². The zero-order valence-electron chi connectivity index (χ0n) is 17.5.